The highest BCUT2D eigenvalue weighted by Crippen LogP contribution is 2.15. The highest BCUT2D eigenvalue weighted by atomic mass is 16.4. The summed E-state index contributed by atoms with van der Waals surface area (Å²) in [5.74, 6) is 1.51. The van der Waals surface area contributed by atoms with E-state index in [9.17, 15) is 5.11 Å². The molecule has 104 valence electrons. The molecule has 0 bridgehead atoms. The van der Waals surface area contributed by atoms with Crippen LogP contribution in [-0.4, -0.2) is 21.2 Å². The van der Waals surface area contributed by atoms with Gasteiger partial charge in [-0.2, -0.15) is 0 Å². The minimum atomic E-state index is -0.639. The largest absolute Gasteiger partial charge is 0.467 e. The normalized spacial score (nSPS) is 12.9. The smallest absolute Gasteiger partial charge is 0.133 e. The lowest BCUT2D eigenvalue weighted by molar-refractivity contribution is 0.147. The second-order valence-electron chi connectivity index (χ2n) is 4.74. The SMILES string of the molecule is Cn1c(CNCC(O)c2ccco2)nc2ccccc21. The fourth-order valence-corrected chi connectivity index (χ4v) is 2.26. The summed E-state index contributed by atoms with van der Waals surface area (Å²) in [6.07, 6.45) is 0.920. The van der Waals surface area contributed by atoms with Gasteiger partial charge < -0.3 is 19.4 Å². The van der Waals surface area contributed by atoms with Gasteiger partial charge in [0.1, 0.15) is 17.7 Å². The molecule has 0 amide bonds. The fraction of sp³-hybridized carbons (Fsp3) is 0.267. The zero-order chi connectivity index (χ0) is 13.9. The molecule has 0 spiro atoms. The number of nitrogens with one attached hydrogen (secondary N) is 1. The first-order chi connectivity index (χ1) is 9.75. The molecular formula is C15H17N3O2. The van der Waals surface area contributed by atoms with Gasteiger partial charge in [0.05, 0.1) is 23.8 Å². The molecule has 2 N–H and O–H groups in total. The number of imidazole rings is 1. The number of furan rings is 1. The molecule has 0 fully saturated rings. The van der Waals surface area contributed by atoms with Crippen molar-refractivity contribution in [2.75, 3.05) is 6.54 Å². The molecule has 2 heterocycles. The average molecular weight is 271 g/mol. The number of benzene rings is 1. The van der Waals surface area contributed by atoms with Gasteiger partial charge in [-0.25, -0.2) is 4.98 Å². The van der Waals surface area contributed by atoms with E-state index in [0.29, 0.717) is 18.8 Å². The summed E-state index contributed by atoms with van der Waals surface area (Å²) in [6, 6.07) is 11.6. The monoisotopic (exact) mass is 271 g/mol. The van der Waals surface area contributed by atoms with Crippen molar-refractivity contribution in [2.45, 2.75) is 12.6 Å². The molecule has 0 aliphatic rings. The zero-order valence-corrected chi connectivity index (χ0v) is 11.3. The molecule has 3 rings (SSSR count). The van der Waals surface area contributed by atoms with Crippen LogP contribution in [0.4, 0.5) is 0 Å². The number of fused-ring (bicyclic) bond motifs is 1. The number of hydrogen-bond donors (Lipinski definition) is 2. The molecule has 5 nitrogen and oxygen atoms in total. The molecular weight excluding hydrogens is 254 g/mol. The second kappa shape index (κ2) is 5.48. The number of rotatable bonds is 5. The van der Waals surface area contributed by atoms with Crippen LogP contribution in [0.3, 0.4) is 0 Å². The predicted octanol–water partition coefficient (Wildman–Crippen LogP) is 1.99. The van der Waals surface area contributed by atoms with Crippen molar-refractivity contribution >= 4 is 11.0 Å². The van der Waals surface area contributed by atoms with Crippen LogP contribution in [0.15, 0.2) is 47.1 Å². The molecule has 0 saturated carbocycles. The van der Waals surface area contributed by atoms with Gasteiger partial charge >= 0.3 is 0 Å². The van der Waals surface area contributed by atoms with Crippen molar-refractivity contribution in [2.24, 2.45) is 7.05 Å². The van der Waals surface area contributed by atoms with Crippen LogP contribution in [0.2, 0.25) is 0 Å². The first-order valence-corrected chi connectivity index (χ1v) is 6.58. The molecule has 0 radical (unpaired) electrons. The minimum absolute atomic E-state index is 0.427. The van der Waals surface area contributed by atoms with E-state index in [1.165, 1.54) is 0 Å². The molecule has 1 unspecified atom stereocenters. The maximum Gasteiger partial charge on any atom is 0.133 e. The summed E-state index contributed by atoms with van der Waals surface area (Å²) in [5.41, 5.74) is 2.09. The van der Waals surface area contributed by atoms with Crippen molar-refractivity contribution in [3.8, 4) is 0 Å². The number of aliphatic hydroxyl groups excluding tert-OH is 1. The Hall–Kier alpha value is -2.11. The second-order valence-corrected chi connectivity index (χ2v) is 4.74. The lowest BCUT2D eigenvalue weighted by Crippen LogP contribution is -2.22. The molecule has 0 aliphatic heterocycles. The fourth-order valence-electron chi connectivity index (χ4n) is 2.26. The van der Waals surface area contributed by atoms with Crippen molar-refractivity contribution < 1.29 is 9.52 Å². The van der Waals surface area contributed by atoms with E-state index in [1.807, 2.05) is 31.3 Å². The van der Waals surface area contributed by atoms with Crippen molar-refractivity contribution in [3.05, 3.63) is 54.2 Å². The number of nitrogens with zero attached hydrogens (tertiary/aromatic N) is 2. The van der Waals surface area contributed by atoms with Crippen molar-refractivity contribution in [1.29, 1.82) is 0 Å². The summed E-state index contributed by atoms with van der Waals surface area (Å²) in [4.78, 5) is 4.57. The lowest BCUT2D eigenvalue weighted by Gasteiger charge is -2.09. The van der Waals surface area contributed by atoms with Gasteiger partial charge in [-0.3, -0.25) is 0 Å². The van der Waals surface area contributed by atoms with E-state index < -0.39 is 6.10 Å². The molecule has 20 heavy (non-hydrogen) atoms. The third-order valence-corrected chi connectivity index (χ3v) is 3.37. The Morgan fingerprint density at radius 2 is 2.15 bits per heavy atom. The quantitative estimate of drug-likeness (QED) is 0.745. The van der Waals surface area contributed by atoms with Crippen LogP contribution in [0.5, 0.6) is 0 Å². The number of para-hydroxylation sites is 2. The van der Waals surface area contributed by atoms with E-state index >= 15 is 0 Å². The number of hydrogen-bond acceptors (Lipinski definition) is 4. The molecule has 5 heteroatoms. The maximum atomic E-state index is 9.91. The standard InChI is InChI=1S/C15H17N3O2/c1-18-12-6-3-2-5-11(12)17-15(18)10-16-9-13(19)14-7-4-8-20-14/h2-8,13,16,19H,9-10H2,1H3. The summed E-state index contributed by atoms with van der Waals surface area (Å²) in [7, 11) is 2.00. The van der Waals surface area contributed by atoms with Gasteiger partial charge in [0, 0.05) is 13.6 Å². The van der Waals surface area contributed by atoms with Crippen LogP contribution in [0.25, 0.3) is 11.0 Å². The number of aryl methyl sites for hydroxylation is 1. The van der Waals surface area contributed by atoms with Crippen molar-refractivity contribution in [1.82, 2.24) is 14.9 Å². The molecule has 0 aliphatic carbocycles. The molecule has 1 atom stereocenters. The lowest BCUT2D eigenvalue weighted by atomic mass is 10.3. The molecule has 2 aromatic heterocycles. The first-order valence-electron chi connectivity index (χ1n) is 6.58. The number of aliphatic hydroxyl groups is 1. The minimum Gasteiger partial charge on any atom is -0.467 e. The number of aromatic nitrogens is 2. The zero-order valence-electron chi connectivity index (χ0n) is 11.3. The van der Waals surface area contributed by atoms with E-state index in [0.717, 1.165) is 16.9 Å². The van der Waals surface area contributed by atoms with Crippen LogP contribution in [0.1, 0.15) is 17.7 Å². The van der Waals surface area contributed by atoms with Gasteiger partial charge in [0.25, 0.3) is 0 Å². The Bertz CT molecular complexity index is 688. The van der Waals surface area contributed by atoms with E-state index in [1.54, 1.807) is 18.4 Å². The van der Waals surface area contributed by atoms with Gasteiger partial charge in [-0.15, -0.1) is 0 Å². The van der Waals surface area contributed by atoms with Crippen LogP contribution in [-0.2, 0) is 13.6 Å². The highest BCUT2D eigenvalue weighted by Gasteiger charge is 2.11. The topological polar surface area (TPSA) is 63.2 Å². The maximum absolute atomic E-state index is 9.91. The van der Waals surface area contributed by atoms with E-state index in [-0.39, 0.29) is 0 Å². The van der Waals surface area contributed by atoms with Crippen molar-refractivity contribution in [3.63, 3.8) is 0 Å². The van der Waals surface area contributed by atoms with Crippen LogP contribution < -0.4 is 5.32 Å². The molecule has 1 aromatic carbocycles. The Kier molecular flexibility index (Phi) is 3.54. The summed E-state index contributed by atoms with van der Waals surface area (Å²) < 4.78 is 7.22. The summed E-state index contributed by atoms with van der Waals surface area (Å²) >= 11 is 0. The van der Waals surface area contributed by atoms with Gasteiger partial charge in [0.15, 0.2) is 0 Å². The van der Waals surface area contributed by atoms with Gasteiger partial charge in [-0.05, 0) is 24.3 Å². The predicted molar refractivity (Wildman–Crippen MR) is 76.1 cm³/mol. The molecule has 3 aromatic rings. The summed E-state index contributed by atoms with van der Waals surface area (Å²) in [6.45, 7) is 1.03. The first kappa shape index (κ1) is 12.9. The Labute approximate surface area is 116 Å². The van der Waals surface area contributed by atoms with Crippen LogP contribution >= 0.6 is 0 Å². The molecule has 0 saturated heterocycles. The Morgan fingerprint density at radius 1 is 1.30 bits per heavy atom. The Balaban J connectivity index is 1.64. The average Bonchev–Trinajstić information content (AvgIpc) is 3.09. The van der Waals surface area contributed by atoms with Gasteiger partial charge in [0.2, 0.25) is 0 Å². The van der Waals surface area contributed by atoms with E-state index in [2.05, 4.69) is 14.9 Å². The Morgan fingerprint density at radius 3 is 2.90 bits per heavy atom. The van der Waals surface area contributed by atoms with Crippen LogP contribution in [0, 0.1) is 0 Å². The van der Waals surface area contributed by atoms with E-state index in [4.69, 9.17) is 4.42 Å². The third-order valence-electron chi connectivity index (χ3n) is 3.37. The van der Waals surface area contributed by atoms with Gasteiger partial charge in [-0.1, -0.05) is 12.1 Å². The third kappa shape index (κ3) is 2.45. The highest BCUT2D eigenvalue weighted by molar-refractivity contribution is 5.75. The summed E-state index contributed by atoms with van der Waals surface area (Å²) in [5, 5.41) is 13.1.